The van der Waals surface area contributed by atoms with Crippen LogP contribution in [0, 0.1) is 0 Å². The molecule has 1 amide bonds. The third-order valence-corrected chi connectivity index (χ3v) is 2.68. The summed E-state index contributed by atoms with van der Waals surface area (Å²) in [4.78, 5) is 11.4. The van der Waals surface area contributed by atoms with Crippen molar-refractivity contribution < 1.29 is 14.6 Å². The van der Waals surface area contributed by atoms with Crippen molar-refractivity contribution in [2.45, 2.75) is 12.5 Å². The van der Waals surface area contributed by atoms with Gasteiger partial charge in [-0.1, -0.05) is 30.3 Å². The van der Waals surface area contributed by atoms with Crippen molar-refractivity contribution in [3.05, 3.63) is 35.9 Å². The molecule has 0 bridgehead atoms. The van der Waals surface area contributed by atoms with Crippen LogP contribution in [0.1, 0.15) is 18.1 Å². The molecule has 0 aromatic heterocycles. The Morgan fingerprint density at radius 1 is 1.32 bits per heavy atom. The molecule has 0 spiro atoms. The maximum Gasteiger partial charge on any atom is 0.221 e. The SMILES string of the molecule is COCCNC(=O)CCNCC(O)c1ccccc1. The fourth-order valence-corrected chi connectivity index (χ4v) is 1.61. The molecule has 106 valence electrons. The Bertz CT molecular complexity index is 357. The van der Waals surface area contributed by atoms with Gasteiger partial charge in [-0.25, -0.2) is 0 Å². The second-order valence-corrected chi connectivity index (χ2v) is 4.22. The van der Waals surface area contributed by atoms with E-state index in [2.05, 4.69) is 10.6 Å². The first-order valence-corrected chi connectivity index (χ1v) is 6.43. The fraction of sp³-hybridized carbons (Fsp3) is 0.500. The summed E-state index contributed by atoms with van der Waals surface area (Å²) < 4.78 is 4.83. The van der Waals surface area contributed by atoms with E-state index in [4.69, 9.17) is 4.74 Å². The minimum Gasteiger partial charge on any atom is -0.387 e. The first-order chi connectivity index (χ1) is 9.24. The average Bonchev–Trinajstić information content (AvgIpc) is 2.44. The molecule has 0 aliphatic carbocycles. The van der Waals surface area contributed by atoms with Gasteiger partial charge in [0.1, 0.15) is 0 Å². The van der Waals surface area contributed by atoms with E-state index in [0.717, 1.165) is 5.56 Å². The van der Waals surface area contributed by atoms with E-state index in [1.165, 1.54) is 0 Å². The Labute approximate surface area is 114 Å². The van der Waals surface area contributed by atoms with E-state index in [1.54, 1.807) is 7.11 Å². The number of benzene rings is 1. The van der Waals surface area contributed by atoms with Crippen LogP contribution < -0.4 is 10.6 Å². The van der Waals surface area contributed by atoms with Crippen molar-refractivity contribution in [2.24, 2.45) is 0 Å². The van der Waals surface area contributed by atoms with Crippen molar-refractivity contribution in [3.63, 3.8) is 0 Å². The smallest absolute Gasteiger partial charge is 0.221 e. The van der Waals surface area contributed by atoms with Crippen molar-refractivity contribution >= 4 is 5.91 Å². The molecule has 0 radical (unpaired) electrons. The van der Waals surface area contributed by atoms with Crippen LogP contribution in [0.25, 0.3) is 0 Å². The van der Waals surface area contributed by atoms with Gasteiger partial charge in [0.05, 0.1) is 12.7 Å². The van der Waals surface area contributed by atoms with Crippen LogP contribution >= 0.6 is 0 Å². The summed E-state index contributed by atoms with van der Waals surface area (Å²) in [5.41, 5.74) is 0.875. The Kier molecular flexibility index (Phi) is 7.81. The maximum absolute atomic E-state index is 11.4. The summed E-state index contributed by atoms with van der Waals surface area (Å²) >= 11 is 0. The summed E-state index contributed by atoms with van der Waals surface area (Å²) in [6.07, 6.45) is -0.150. The van der Waals surface area contributed by atoms with Crippen molar-refractivity contribution in [3.8, 4) is 0 Å². The Morgan fingerprint density at radius 3 is 2.74 bits per heavy atom. The predicted molar refractivity (Wildman–Crippen MR) is 73.8 cm³/mol. The predicted octanol–water partition coefficient (Wildman–Crippen LogP) is 0.462. The molecule has 0 aliphatic heterocycles. The maximum atomic E-state index is 11.4. The van der Waals surface area contributed by atoms with Crippen molar-refractivity contribution in [1.29, 1.82) is 0 Å². The second-order valence-electron chi connectivity index (χ2n) is 4.22. The van der Waals surface area contributed by atoms with Gasteiger partial charge < -0.3 is 20.5 Å². The van der Waals surface area contributed by atoms with E-state index < -0.39 is 6.10 Å². The largest absolute Gasteiger partial charge is 0.387 e. The van der Waals surface area contributed by atoms with Gasteiger partial charge in [-0.15, -0.1) is 0 Å². The summed E-state index contributed by atoms with van der Waals surface area (Å²) in [5.74, 6) is -0.0150. The van der Waals surface area contributed by atoms with Crippen LogP contribution in [-0.4, -0.2) is 44.4 Å². The van der Waals surface area contributed by atoms with E-state index in [-0.39, 0.29) is 5.91 Å². The highest BCUT2D eigenvalue weighted by molar-refractivity contribution is 5.75. The normalized spacial score (nSPS) is 12.1. The van der Waals surface area contributed by atoms with Crippen molar-refractivity contribution in [2.75, 3.05) is 33.4 Å². The molecule has 3 N–H and O–H groups in total. The Morgan fingerprint density at radius 2 is 2.05 bits per heavy atom. The number of aliphatic hydroxyl groups excluding tert-OH is 1. The molecule has 1 aromatic rings. The molecule has 5 heteroatoms. The standard InChI is InChI=1S/C14H22N2O3/c1-19-10-9-16-14(18)7-8-15-11-13(17)12-5-3-2-4-6-12/h2-6,13,15,17H,7-11H2,1H3,(H,16,18). The molecule has 0 aliphatic rings. The summed E-state index contributed by atoms with van der Waals surface area (Å²) in [6.45, 7) is 2.03. The number of hydrogen-bond acceptors (Lipinski definition) is 4. The van der Waals surface area contributed by atoms with E-state index in [0.29, 0.717) is 32.7 Å². The number of nitrogens with one attached hydrogen (secondary N) is 2. The van der Waals surface area contributed by atoms with Crippen LogP contribution in [0.3, 0.4) is 0 Å². The number of ether oxygens (including phenoxy) is 1. The molecular weight excluding hydrogens is 244 g/mol. The fourth-order valence-electron chi connectivity index (χ4n) is 1.61. The van der Waals surface area contributed by atoms with Gasteiger partial charge in [-0.3, -0.25) is 4.79 Å². The molecule has 1 rings (SSSR count). The number of methoxy groups -OCH3 is 1. The van der Waals surface area contributed by atoms with Crippen LogP contribution in [0.15, 0.2) is 30.3 Å². The lowest BCUT2D eigenvalue weighted by Gasteiger charge is -2.12. The van der Waals surface area contributed by atoms with Gasteiger partial charge in [0, 0.05) is 33.2 Å². The van der Waals surface area contributed by atoms with E-state index in [1.807, 2.05) is 30.3 Å². The highest BCUT2D eigenvalue weighted by atomic mass is 16.5. The van der Waals surface area contributed by atoms with Crippen LogP contribution in [-0.2, 0) is 9.53 Å². The molecule has 1 unspecified atom stereocenters. The molecule has 1 atom stereocenters. The molecule has 0 saturated carbocycles. The lowest BCUT2D eigenvalue weighted by molar-refractivity contribution is -0.121. The zero-order valence-corrected chi connectivity index (χ0v) is 11.3. The molecule has 1 aromatic carbocycles. The summed E-state index contributed by atoms with van der Waals surface area (Å²) in [6, 6.07) is 9.45. The van der Waals surface area contributed by atoms with Gasteiger partial charge in [-0.05, 0) is 5.56 Å². The van der Waals surface area contributed by atoms with Crippen LogP contribution in [0.4, 0.5) is 0 Å². The third kappa shape index (κ3) is 6.91. The number of hydrogen-bond donors (Lipinski definition) is 3. The molecule has 0 saturated heterocycles. The van der Waals surface area contributed by atoms with Gasteiger partial charge in [0.25, 0.3) is 0 Å². The Balaban J connectivity index is 2.09. The lowest BCUT2D eigenvalue weighted by Crippen LogP contribution is -2.31. The van der Waals surface area contributed by atoms with Gasteiger partial charge in [0.15, 0.2) is 0 Å². The number of carbonyl (C=O) groups excluding carboxylic acids is 1. The number of carbonyl (C=O) groups is 1. The number of amides is 1. The van der Waals surface area contributed by atoms with E-state index >= 15 is 0 Å². The van der Waals surface area contributed by atoms with Crippen LogP contribution in [0.5, 0.6) is 0 Å². The first-order valence-electron chi connectivity index (χ1n) is 6.43. The quantitative estimate of drug-likeness (QED) is 0.568. The van der Waals surface area contributed by atoms with Crippen LogP contribution in [0.2, 0.25) is 0 Å². The van der Waals surface area contributed by atoms with Crippen molar-refractivity contribution in [1.82, 2.24) is 10.6 Å². The molecule has 5 nitrogen and oxygen atoms in total. The first kappa shape index (κ1) is 15.6. The minimum atomic E-state index is -0.544. The summed E-state index contributed by atoms with van der Waals surface area (Å²) in [5, 5.41) is 15.7. The second kappa shape index (κ2) is 9.49. The molecule has 0 fully saturated rings. The molecular formula is C14H22N2O3. The summed E-state index contributed by atoms with van der Waals surface area (Å²) in [7, 11) is 1.60. The van der Waals surface area contributed by atoms with E-state index in [9.17, 15) is 9.90 Å². The molecule has 0 heterocycles. The number of aliphatic hydroxyl groups is 1. The number of rotatable bonds is 9. The highest BCUT2D eigenvalue weighted by Gasteiger charge is 2.06. The monoisotopic (exact) mass is 266 g/mol. The highest BCUT2D eigenvalue weighted by Crippen LogP contribution is 2.10. The molecule has 19 heavy (non-hydrogen) atoms. The lowest BCUT2D eigenvalue weighted by atomic mass is 10.1. The van der Waals surface area contributed by atoms with Gasteiger partial charge >= 0.3 is 0 Å². The zero-order valence-electron chi connectivity index (χ0n) is 11.3. The average molecular weight is 266 g/mol. The zero-order chi connectivity index (χ0) is 13.9. The minimum absolute atomic E-state index is 0.0150. The Hall–Kier alpha value is -1.43. The van der Waals surface area contributed by atoms with Gasteiger partial charge in [0.2, 0.25) is 5.91 Å². The third-order valence-electron chi connectivity index (χ3n) is 2.68. The topological polar surface area (TPSA) is 70.6 Å². The van der Waals surface area contributed by atoms with Gasteiger partial charge in [-0.2, -0.15) is 0 Å².